The molecule has 2 aromatic heterocycles. The predicted molar refractivity (Wildman–Crippen MR) is 194 cm³/mol. The summed E-state index contributed by atoms with van der Waals surface area (Å²) in [5, 5.41) is 9.14. The third-order valence-electron chi connectivity index (χ3n) is 9.26. The molecule has 5 nitrogen and oxygen atoms in total. The number of hydrogen-bond donors (Lipinski definition) is 0. The molecule has 226 valence electrons. The van der Waals surface area contributed by atoms with Crippen LogP contribution in [0.1, 0.15) is 13.8 Å². The van der Waals surface area contributed by atoms with E-state index in [0.29, 0.717) is 0 Å². The lowest BCUT2D eigenvalue weighted by molar-refractivity contribution is 0.113. The van der Waals surface area contributed by atoms with Gasteiger partial charge in [0.15, 0.2) is 0 Å². The van der Waals surface area contributed by atoms with E-state index >= 15 is 0 Å². The molecule has 1 aliphatic rings. The Hall–Kier alpha value is -5.17. The molecule has 0 fully saturated rings. The average Bonchev–Trinajstić information content (AvgIpc) is 3.65. The summed E-state index contributed by atoms with van der Waals surface area (Å²) in [6, 6.07) is 48.0. The molecule has 0 aliphatic carbocycles. The van der Waals surface area contributed by atoms with Crippen molar-refractivity contribution in [2.75, 3.05) is 10.1 Å². The molecule has 1 aliphatic heterocycles. The second-order valence-electron chi connectivity index (χ2n) is 12.8. The number of benzene rings is 5. The minimum absolute atomic E-state index is 0.210. The zero-order valence-electron chi connectivity index (χ0n) is 26.6. The van der Waals surface area contributed by atoms with Crippen molar-refractivity contribution in [3.63, 3.8) is 0 Å². The Morgan fingerprint density at radius 1 is 0.609 bits per heavy atom. The molecule has 0 atom stereocenters. The van der Waals surface area contributed by atoms with Crippen LogP contribution >= 0.6 is 0 Å². The van der Waals surface area contributed by atoms with Crippen LogP contribution in [0.4, 0.5) is 17.1 Å². The van der Waals surface area contributed by atoms with Crippen molar-refractivity contribution >= 4 is 57.3 Å². The number of nitrogens with zero attached hydrogens (tertiary/aromatic N) is 4. The van der Waals surface area contributed by atoms with Crippen molar-refractivity contribution < 1.29 is 4.94 Å². The summed E-state index contributed by atoms with van der Waals surface area (Å²) in [4.78, 5) is 11.3. The molecule has 0 saturated heterocycles. The maximum Gasteiger partial charge on any atom is 0.138 e. The monoisotopic (exact) mass is 616 g/mol. The smallest absolute Gasteiger partial charge is 0.138 e. The topological polar surface area (TPSA) is 33.5 Å². The second-order valence-corrected chi connectivity index (χ2v) is 17.2. The molecule has 0 unspecified atom stereocenters. The van der Waals surface area contributed by atoms with E-state index in [4.69, 9.17) is 9.92 Å². The van der Waals surface area contributed by atoms with Gasteiger partial charge in [-0.15, -0.1) is 4.94 Å². The first-order chi connectivity index (χ1) is 22.4. The number of fused-ring (bicyclic) bond motifs is 4. The molecular formula is C40H36N4OSi. The van der Waals surface area contributed by atoms with E-state index in [1.807, 2.05) is 16.3 Å². The van der Waals surface area contributed by atoms with Gasteiger partial charge in [-0.3, -0.25) is 4.57 Å². The van der Waals surface area contributed by atoms with Crippen LogP contribution in [-0.4, -0.2) is 23.7 Å². The highest BCUT2D eigenvalue weighted by atomic mass is 28.3. The fourth-order valence-corrected chi connectivity index (χ4v) is 9.05. The standard InChI is InChI=1S/C40H36N4OSi/c1-28(2)43-37-19-10-11-20-38(37)44(45-43)31-15-12-16-32(26-31)46(3,4)33-21-22-35-34-17-8-9-18-36(34)42(39(35)27-33)40-25-30(23-24-41-40)29-13-6-5-7-14-29/h5-28H,1-4H3. The van der Waals surface area contributed by atoms with Gasteiger partial charge in [0.05, 0.1) is 34.1 Å². The predicted octanol–water partition coefficient (Wildman–Crippen LogP) is 8.88. The molecule has 0 N–H and O–H groups in total. The minimum atomic E-state index is -2.15. The van der Waals surface area contributed by atoms with E-state index in [1.54, 1.807) is 0 Å². The fourth-order valence-electron chi connectivity index (χ4n) is 6.70. The first-order valence-corrected chi connectivity index (χ1v) is 18.9. The Morgan fingerprint density at radius 2 is 1.33 bits per heavy atom. The van der Waals surface area contributed by atoms with Crippen molar-refractivity contribution in [2.45, 2.75) is 33.0 Å². The Labute approximate surface area is 270 Å². The highest BCUT2D eigenvalue weighted by molar-refractivity contribution is 7.00. The third-order valence-corrected chi connectivity index (χ3v) is 12.8. The van der Waals surface area contributed by atoms with Crippen LogP contribution in [0.25, 0.3) is 38.8 Å². The Bertz CT molecular complexity index is 2220. The lowest BCUT2D eigenvalue weighted by atomic mass is 10.1. The molecule has 0 saturated carbocycles. The number of hydrogen-bond acceptors (Lipinski definition) is 4. The van der Waals surface area contributed by atoms with Gasteiger partial charge in [0.1, 0.15) is 13.9 Å². The highest BCUT2D eigenvalue weighted by Gasteiger charge is 2.32. The molecular weight excluding hydrogens is 581 g/mol. The normalized spacial score (nSPS) is 13.2. The number of pyridine rings is 1. The first kappa shape index (κ1) is 28.3. The van der Waals surface area contributed by atoms with E-state index in [1.165, 1.54) is 32.2 Å². The van der Waals surface area contributed by atoms with E-state index in [0.717, 1.165) is 34.0 Å². The van der Waals surface area contributed by atoms with Crippen LogP contribution in [0.2, 0.25) is 13.1 Å². The number of anilines is 3. The van der Waals surface area contributed by atoms with Gasteiger partial charge in [0.25, 0.3) is 0 Å². The maximum absolute atomic E-state index is 6.42. The molecule has 8 rings (SSSR count). The van der Waals surface area contributed by atoms with Crippen molar-refractivity contribution in [3.8, 4) is 16.9 Å². The van der Waals surface area contributed by atoms with Crippen LogP contribution in [0, 0.1) is 0 Å². The van der Waals surface area contributed by atoms with E-state index < -0.39 is 8.07 Å². The molecule has 0 spiro atoms. The maximum atomic E-state index is 6.42. The largest absolute Gasteiger partial charge is 0.294 e. The molecule has 5 aromatic carbocycles. The van der Waals surface area contributed by atoms with Crippen molar-refractivity contribution in [1.29, 1.82) is 0 Å². The average molecular weight is 617 g/mol. The lowest BCUT2D eigenvalue weighted by Crippen LogP contribution is -2.53. The van der Waals surface area contributed by atoms with Gasteiger partial charge < -0.3 is 0 Å². The molecule has 0 bridgehead atoms. The van der Waals surface area contributed by atoms with Crippen molar-refractivity contribution in [3.05, 3.63) is 140 Å². The fraction of sp³-hybridized carbons (Fsp3) is 0.125. The van der Waals surface area contributed by atoms with Gasteiger partial charge in [-0.05, 0) is 73.5 Å². The summed E-state index contributed by atoms with van der Waals surface area (Å²) < 4.78 is 2.33. The van der Waals surface area contributed by atoms with Gasteiger partial charge in [0.2, 0.25) is 0 Å². The van der Waals surface area contributed by atoms with Crippen LogP contribution in [0.5, 0.6) is 0 Å². The molecule has 7 aromatic rings. The van der Waals surface area contributed by atoms with E-state index in [9.17, 15) is 0 Å². The number of para-hydroxylation sites is 3. The van der Waals surface area contributed by atoms with E-state index in [-0.39, 0.29) is 6.04 Å². The third kappa shape index (κ3) is 4.61. The number of rotatable bonds is 6. The molecule has 0 radical (unpaired) electrons. The van der Waals surface area contributed by atoms with Crippen LogP contribution in [0.3, 0.4) is 0 Å². The van der Waals surface area contributed by atoms with Gasteiger partial charge in [-0.1, -0.05) is 108 Å². The summed E-state index contributed by atoms with van der Waals surface area (Å²) >= 11 is 0. The summed E-state index contributed by atoms with van der Waals surface area (Å²) in [6.45, 7) is 9.17. The van der Waals surface area contributed by atoms with Crippen molar-refractivity contribution in [1.82, 2.24) is 9.55 Å². The van der Waals surface area contributed by atoms with Crippen LogP contribution in [-0.2, 0) is 4.94 Å². The van der Waals surface area contributed by atoms with E-state index in [2.05, 4.69) is 165 Å². The minimum Gasteiger partial charge on any atom is -0.294 e. The molecule has 3 heterocycles. The molecule has 0 amide bonds. The summed E-state index contributed by atoms with van der Waals surface area (Å²) in [6.07, 6.45) is 1.92. The van der Waals surface area contributed by atoms with Gasteiger partial charge in [-0.2, -0.15) is 5.06 Å². The van der Waals surface area contributed by atoms with Crippen LogP contribution in [0.15, 0.2) is 140 Å². The SMILES string of the molecule is CC(C)N1ON(c2cccc([Si](C)(C)c3ccc4c5ccccc5n(-c5cc(-c6ccccc6)ccn5)c4c3)c2)c2ccccc21. The number of aromatic nitrogens is 2. The van der Waals surface area contributed by atoms with Crippen molar-refractivity contribution in [2.24, 2.45) is 0 Å². The molecule has 46 heavy (non-hydrogen) atoms. The summed E-state index contributed by atoms with van der Waals surface area (Å²) in [7, 11) is -2.15. The van der Waals surface area contributed by atoms with Crippen LogP contribution < -0.4 is 20.5 Å². The quantitative estimate of drug-likeness (QED) is 0.175. The van der Waals surface area contributed by atoms with Gasteiger partial charge >= 0.3 is 0 Å². The lowest BCUT2D eigenvalue weighted by Gasteiger charge is -2.27. The summed E-state index contributed by atoms with van der Waals surface area (Å²) in [5.41, 5.74) is 7.85. The zero-order chi connectivity index (χ0) is 31.4. The second kappa shape index (κ2) is 11.0. The summed E-state index contributed by atoms with van der Waals surface area (Å²) in [5.74, 6) is 0.922. The van der Waals surface area contributed by atoms with Gasteiger partial charge in [0, 0.05) is 17.0 Å². The first-order valence-electron chi connectivity index (χ1n) is 15.9. The zero-order valence-corrected chi connectivity index (χ0v) is 27.6. The Balaban J connectivity index is 1.24. The Morgan fingerprint density at radius 3 is 2.15 bits per heavy atom. The Kier molecular flexibility index (Phi) is 6.78. The van der Waals surface area contributed by atoms with Gasteiger partial charge in [-0.25, -0.2) is 10.0 Å². The number of hydroxylamine groups is 1. The molecule has 6 heteroatoms. The highest BCUT2D eigenvalue weighted by Crippen LogP contribution is 2.42.